The van der Waals surface area contributed by atoms with E-state index in [2.05, 4.69) is 14.3 Å². The van der Waals surface area contributed by atoms with Crippen LogP contribution in [0.2, 0.25) is 18.1 Å². The molecule has 118 valence electrons. The molecule has 0 rings (SSSR count). The van der Waals surface area contributed by atoms with Crippen molar-refractivity contribution in [3.05, 3.63) is 17.4 Å². The van der Waals surface area contributed by atoms with Crippen LogP contribution in [0.4, 0.5) is 0 Å². The summed E-state index contributed by atoms with van der Waals surface area (Å²) in [4.78, 5) is 25.9. The van der Waals surface area contributed by atoms with Crippen LogP contribution in [0.1, 0.15) is 20.8 Å². The molecule has 0 aliphatic heterocycles. The van der Waals surface area contributed by atoms with Crippen LogP contribution in [0.3, 0.4) is 0 Å². The smallest absolute Gasteiger partial charge is 0.439 e. The van der Waals surface area contributed by atoms with Gasteiger partial charge in [-0.15, -0.1) is 0 Å². The van der Waals surface area contributed by atoms with Gasteiger partial charge >= 0.3 is 17.7 Å². The fourth-order valence-electron chi connectivity index (χ4n) is 1.03. The zero-order valence-electron chi connectivity index (χ0n) is 13.5. The summed E-state index contributed by atoms with van der Waals surface area (Å²) in [6.45, 7) is 9.81. The highest BCUT2D eigenvalue weighted by molar-refractivity contribution is 6.74. The van der Waals surface area contributed by atoms with Crippen molar-refractivity contribution in [2.24, 2.45) is 0 Å². The Bertz CT molecular complexity index is 499. The molecule has 0 saturated heterocycles. The van der Waals surface area contributed by atoms with Gasteiger partial charge < -0.3 is 19.4 Å². The van der Waals surface area contributed by atoms with Gasteiger partial charge in [-0.25, -0.2) is 9.59 Å². The van der Waals surface area contributed by atoms with E-state index in [1.54, 1.807) is 0 Å². The van der Waals surface area contributed by atoms with Gasteiger partial charge in [-0.05, 0) is 18.1 Å². The Morgan fingerprint density at radius 3 is 2.00 bits per heavy atom. The summed E-state index contributed by atoms with van der Waals surface area (Å²) >= 11 is 0. The monoisotopic (exact) mass is 314 g/mol. The zero-order chi connectivity index (χ0) is 16.8. The zero-order valence-corrected chi connectivity index (χ0v) is 14.5. The van der Waals surface area contributed by atoms with Crippen molar-refractivity contribution in [2.75, 3.05) is 14.2 Å². The molecular formula is C13H22N2O5Si. The summed E-state index contributed by atoms with van der Waals surface area (Å²) < 4.78 is 14.9. The van der Waals surface area contributed by atoms with E-state index >= 15 is 0 Å². The molecule has 0 aromatic carbocycles. The van der Waals surface area contributed by atoms with E-state index in [9.17, 15) is 9.59 Å². The van der Waals surface area contributed by atoms with E-state index in [1.807, 2.05) is 33.9 Å². The summed E-state index contributed by atoms with van der Waals surface area (Å²) in [6.07, 6.45) is 0.965. The molecule has 0 bridgehead atoms. The van der Waals surface area contributed by atoms with Crippen LogP contribution >= 0.6 is 0 Å². The predicted molar refractivity (Wildman–Crippen MR) is 79.0 cm³/mol. The lowest BCUT2D eigenvalue weighted by Crippen LogP contribution is -2.42. The number of rotatable bonds is 5. The van der Waals surface area contributed by atoms with Crippen LogP contribution in [0.5, 0.6) is 0 Å². The van der Waals surface area contributed by atoms with Gasteiger partial charge in [-0.1, -0.05) is 20.8 Å². The topological polar surface area (TPSA) is 98.2 Å². The van der Waals surface area contributed by atoms with Crippen LogP contribution in [0, 0.1) is 0 Å². The molecule has 0 radical (unpaired) electrons. The van der Waals surface area contributed by atoms with Crippen LogP contribution in [0.25, 0.3) is 5.53 Å². The minimum Gasteiger partial charge on any atom is -0.538 e. The van der Waals surface area contributed by atoms with Crippen molar-refractivity contribution in [1.82, 2.24) is 0 Å². The Hall–Kier alpha value is -1.92. The summed E-state index contributed by atoms with van der Waals surface area (Å²) in [5.41, 5.74) is 8.53. The molecule has 0 aromatic rings. The van der Waals surface area contributed by atoms with Gasteiger partial charge in [0.2, 0.25) is 5.76 Å². The lowest BCUT2D eigenvalue weighted by atomic mass is 10.2. The molecule has 0 heterocycles. The maximum absolute atomic E-state index is 11.6. The highest BCUT2D eigenvalue weighted by Gasteiger charge is 2.43. The second-order valence-corrected chi connectivity index (χ2v) is 10.6. The van der Waals surface area contributed by atoms with Crippen molar-refractivity contribution >= 4 is 26.0 Å². The van der Waals surface area contributed by atoms with E-state index < -0.39 is 26.0 Å². The number of carbonyl (C=O) groups excluding carboxylic acids is 2. The van der Waals surface area contributed by atoms with Crippen LogP contribution in [0.15, 0.2) is 11.8 Å². The first-order chi connectivity index (χ1) is 9.50. The average molecular weight is 314 g/mol. The standard InChI is InChI=1S/C13H22N2O5Si/c1-13(2,3)21(6,7)20-9(8-10(16)18-4)11(15-14)12(17)19-5/h8H,1-7H3/b9-8-. The number of hydrogen-bond acceptors (Lipinski definition) is 5. The maximum Gasteiger partial charge on any atom is 0.439 e. The van der Waals surface area contributed by atoms with Gasteiger partial charge in [0.25, 0.3) is 8.32 Å². The Morgan fingerprint density at radius 2 is 1.67 bits per heavy atom. The quantitative estimate of drug-likeness (QED) is 0.147. The van der Waals surface area contributed by atoms with Gasteiger partial charge in [0.1, 0.15) is 0 Å². The third-order valence-corrected chi connectivity index (χ3v) is 7.68. The van der Waals surface area contributed by atoms with Gasteiger partial charge in [0.05, 0.1) is 20.3 Å². The lowest BCUT2D eigenvalue weighted by molar-refractivity contribution is -0.137. The van der Waals surface area contributed by atoms with E-state index in [0.717, 1.165) is 13.2 Å². The number of nitrogens with zero attached hydrogens (tertiary/aromatic N) is 2. The Morgan fingerprint density at radius 1 is 1.14 bits per heavy atom. The van der Waals surface area contributed by atoms with Crippen molar-refractivity contribution in [3.8, 4) is 0 Å². The molecule has 0 saturated carbocycles. The molecule has 0 atom stereocenters. The van der Waals surface area contributed by atoms with Gasteiger partial charge in [0, 0.05) is 0 Å². The molecule has 0 aliphatic carbocycles. The molecule has 0 N–H and O–H groups in total. The first-order valence-corrected chi connectivity index (χ1v) is 9.20. The highest BCUT2D eigenvalue weighted by atomic mass is 28.4. The van der Waals surface area contributed by atoms with Gasteiger partial charge in [0.15, 0.2) is 0 Å². The van der Waals surface area contributed by atoms with E-state index in [-0.39, 0.29) is 10.8 Å². The molecule has 0 amide bonds. The fraction of sp³-hybridized carbons (Fsp3) is 0.615. The molecule has 0 unspecified atom stereocenters. The number of methoxy groups -OCH3 is 2. The highest BCUT2D eigenvalue weighted by Crippen LogP contribution is 2.38. The second-order valence-electron chi connectivity index (χ2n) is 5.83. The van der Waals surface area contributed by atoms with E-state index in [0.29, 0.717) is 0 Å². The largest absolute Gasteiger partial charge is 0.538 e. The van der Waals surface area contributed by atoms with Crippen molar-refractivity contribution in [3.63, 3.8) is 0 Å². The number of carbonyl (C=O) groups is 2. The third-order valence-electron chi connectivity index (χ3n) is 3.33. The summed E-state index contributed by atoms with van der Waals surface area (Å²) in [6, 6.07) is 0. The molecule has 7 nitrogen and oxygen atoms in total. The number of ether oxygens (including phenoxy) is 2. The van der Waals surface area contributed by atoms with Crippen molar-refractivity contribution < 1.29 is 28.3 Å². The normalized spacial score (nSPS) is 12.2. The lowest BCUT2D eigenvalue weighted by Gasteiger charge is -2.36. The van der Waals surface area contributed by atoms with E-state index in [4.69, 9.17) is 9.96 Å². The van der Waals surface area contributed by atoms with Crippen LogP contribution in [-0.2, 0) is 23.5 Å². The molecule has 8 heteroatoms. The molecule has 0 aromatic heterocycles. The van der Waals surface area contributed by atoms with Crippen molar-refractivity contribution in [1.29, 1.82) is 0 Å². The molecule has 0 spiro atoms. The molecular weight excluding hydrogens is 292 g/mol. The first kappa shape index (κ1) is 19.1. The van der Waals surface area contributed by atoms with Gasteiger partial charge in [-0.2, -0.15) is 4.79 Å². The van der Waals surface area contributed by atoms with Crippen molar-refractivity contribution in [2.45, 2.75) is 38.9 Å². The predicted octanol–water partition coefficient (Wildman–Crippen LogP) is 1.91. The number of esters is 2. The summed E-state index contributed by atoms with van der Waals surface area (Å²) in [5.74, 6) is -1.80. The fourth-order valence-corrected chi connectivity index (χ4v) is 2.04. The average Bonchev–Trinajstić information content (AvgIpc) is 2.37. The third kappa shape index (κ3) is 5.16. The SMILES string of the molecule is COC(=O)/C=C(\O[Si](C)(C)C(C)(C)C)C(=[N+]=[N-])C(=O)OC. The minimum absolute atomic E-state index is 0.164. The summed E-state index contributed by atoms with van der Waals surface area (Å²) in [5, 5.41) is -0.182. The van der Waals surface area contributed by atoms with Gasteiger partial charge in [-0.3, -0.25) is 0 Å². The molecule has 21 heavy (non-hydrogen) atoms. The Balaban J connectivity index is 5.78. The van der Waals surface area contributed by atoms with Crippen LogP contribution in [-0.4, -0.2) is 45.0 Å². The second kappa shape index (κ2) is 7.19. The minimum atomic E-state index is -2.36. The number of hydrogen-bond donors (Lipinski definition) is 0. The van der Waals surface area contributed by atoms with Crippen LogP contribution < -0.4 is 0 Å². The van der Waals surface area contributed by atoms with E-state index in [1.165, 1.54) is 7.11 Å². The Labute approximate surface area is 125 Å². The summed E-state index contributed by atoms with van der Waals surface area (Å²) in [7, 11) is -0.0353. The molecule has 0 aliphatic rings. The molecule has 0 fully saturated rings. The first-order valence-electron chi connectivity index (χ1n) is 6.29. The Kier molecular flexibility index (Phi) is 6.53. The maximum atomic E-state index is 11.6.